The second kappa shape index (κ2) is 6.25. The van der Waals surface area contributed by atoms with E-state index in [1.165, 1.54) is 0 Å². The monoisotopic (exact) mass is 286 g/mol. The molecule has 0 bridgehead atoms. The van der Waals surface area contributed by atoms with Crippen molar-refractivity contribution in [1.82, 2.24) is 14.7 Å². The van der Waals surface area contributed by atoms with Crippen molar-refractivity contribution in [3.63, 3.8) is 0 Å². The number of rotatable bonds is 6. The second-order valence-corrected chi connectivity index (χ2v) is 5.96. The number of aromatic nitrogens is 2. The fourth-order valence-corrected chi connectivity index (χ4v) is 2.61. The SMILES string of the molecule is CCn1nc(C)c(Cl)c1CC(N)C(C)(CC)N(C)C. The Labute approximate surface area is 121 Å². The summed E-state index contributed by atoms with van der Waals surface area (Å²) in [6.07, 6.45) is 1.74. The number of hydrogen-bond acceptors (Lipinski definition) is 3. The molecule has 1 rings (SSSR count). The number of halogens is 1. The van der Waals surface area contributed by atoms with Gasteiger partial charge in [0.15, 0.2) is 0 Å². The van der Waals surface area contributed by atoms with Crippen LogP contribution in [0.1, 0.15) is 38.6 Å². The number of hydrogen-bond donors (Lipinski definition) is 1. The van der Waals surface area contributed by atoms with Crippen molar-refractivity contribution in [3.05, 3.63) is 16.4 Å². The average Bonchev–Trinajstić information content (AvgIpc) is 2.64. The van der Waals surface area contributed by atoms with Crippen molar-refractivity contribution in [2.75, 3.05) is 14.1 Å². The van der Waals surface area contributed by atoms with Gasteiger partial charge < -0.3 is 10.6 Å². The summed E-state index contributed by atoms with van der Waals surface area (Å²) < 4.78 is 1.96. The van der Waals surface area contributed by atoms with Crippen LogP contribution in [0.3, 0.4) is 0 Å². The van der Waals surface area contributed by atoms with Crippen LogP contribution in [0.5, 0.6) is 0 Å². The molecular weight excluding hydrogens is 260 g/mol. The van der Waals surface area contributed by atoms with Crippen LogP contribution >= 0.6 is 11.6 Å². The molecule has 110 valence electrons. The van der Waals surface area contributed by atoms with Crippen molar-refractivity contribution in [2.45, 2.75) is 58.7 Å². The fraction of sp³-hybridized carbons (Fsp3) is 0.786. The molecule has 0 aliphatic rings. The van der Waals surface area contributed by atoms with Crippen LogP contribution in [-0.4, -0.2) is 40.4 Å². The summed E-state index contributed by atoms with van der Waals surface area (Å²) in [5.74, 6) is 0. The average molecular weight is 287 g/mol. The summed E-state index contributed by atoms with van der Waals surface area (Å²) in [6.45, 7) is 9.20. The summed E-state index contributed by atoms with van der Waals surface area (Å²) >= 11 is 6.36. The number of nitrogens with two attached hydrogens (primary N) is 1. The van der Waals surface area contributed by atoms with Crippen LogP contribution in [0.2, 0.25) is 5.02 Å². The molecule has 0 aromatic carbocycles. The molecule has 0 amide bonds. The third-order valence-electron chi connectivity index (χ3n) is 4.40. The molecule has 2 N–H and O–H groups in total. The molecule has 0 saturated carbocycles. The summed E-state index contributed by atoms with van der Waals surface area (Å²) in [5.41, 5.74) is 8.35. The van der Waals surface area contributed by atoms with Crippen LogP contribution in [0, 0.1) is 6.92 Å². The van der Waals surface area contributed by atoms with E-state index in [2.05, 4.69) is 44.9 Å². The maximum atomic E-state index is 6.46. The van der Waals surface area contributed by atoms with E-state index in [0.717, 1.165) is 35.8 Å². The highest BCUT2D eigenvalue weighted by Crippen LogP contribution is 2.26. The Kier molecular flexibility index (Phi) is 5.42. The molecule has 0 radical (unpaired) electrons. The smallest absolute Gasteiger partial charge is 0.0847 e. The van der Waals surface area contributed by atoms with Gasteiger partial charge in [-0.15, -0.1) is 0 Å². The van der Waals surface area contributed by atoms with Gasteiger partial charge in [-0.2, -0.15) is 5.10 Å². The van der Waals surface area contributed by atoms with Gasteiger partial charge >= 0.3 is 0 Å². The molecular formula is C14H27ClN4. The quantitative estimate of drug-likeness (QED) is 0.874. The minimum absolute atomic E-state index is 0.0198. The molecule has 1 aromatic rings. The lowest BCUT2D eigenvalue weighted by molar-refractivity contribution is 0.130. The highest BCUT2D eigenvalue weighted by atomic mass is 35.5. The van der Waals surface area contributed by atoms with E-state index >= 15 is 0 Å². The van der Waals surface area contributed by atoms with Crippen LogP contribution in [0.25, 0.3) is 0 Å². The zero-order valence-electron chi connectivity index (χ0n) is 13.0. The lowest BCUT2D eigenvalue weighted by Crippen LogP contribution is -2.56. The van der Waals surface area contributed by atoms with Gasteiger partial charge in [0.05, 0.1) is 16.4 Å². The predicted molar refractivity (Wildman–Crippen MR) is 81.7 cm³/mol. The molecule has 4 nitrogen and oxygen atoms in total. The number of aryl methyl sites for hydroxylation is 2. The van der Waals surface area contributed by atoms with E-state index in [0.29, 0.717) is 0 Å². The summed E-state index contributed by atoms with van der Waals surface area (Å²) in [5, 5.41) is 5.21. The third-order valence-corrected chi connectivity index (χ3v) is 4.89. The first kappa shape index (κ1) is 16.5. The van der Waals surface area contributed by atoms with Gasteiger partial charge in [0, 0.05) is 24.5 Å². The maximum absolute atomic E-state index is 6.46. The molecule has 0 aliphatic carbocycles. The Bertz CT molecular complexity index is 427. The summed E-state index contributed by atoms with van der Waals surface area (Å²) in [6, 6.07) is 0.0198. The van der Waals surface area contributed by atoms with Crippen molar-refractivity contribution in [1.29, 1.82) is 0 Å². The fourth-order valence-electron chi connectivity index (χ4n) is 2.40. The van der Waals surface area contributed by atoms with Crippen LogP contribution < -0.4 is 5.73 Å². The molecule has 0 saturated heterocycles. The first-order chi connectivity index (χ1) is 8.77. The summed E-state index contributed by atoms with van der Waals surface area (Å²) in [7, 11) is 4.15. The molecule has 0 fully saturated rings. The van der Waals surface area contributed by atoms with E-state index in [1.807, 2.05) is 11.6 Å². The van der Waals surface area contributed by atoms with Crippen LogP contribution in [0.15, 0.2) is 0 Å². The molecule has 19 heavy (non-hydrogen) atoms. The van der Waals surface area contributed by atoms with Gasteiger partial charge in [-0.25, -0.2) is 0 Å². The Hall–Kier alpha value is -0.580. The zero-order chi connectivity index (χ0) is 14.8. The van der Waals surface area contributed by atoms with Gasteiger partial charge in [-0.3, -0.25) is 4.68 Å². The van der Waals surface area contributed by atoms with E-state index < -0.39 is 0 Å². The van der Waals surface area contributed by atoms with Crippen LogP contribution in [0.4, 0.5) is 0 Å². The van der Waals surface area contributed by atoms with Gasteiger partial charge in [0.1, 0.15) is 0 Å². The van der Waals surface area contributed by atoms with Crippen molar-refractivity contribution < 1.29 is 0 Å². The lowest BCUT2D eigenvalue weighted by atomic mass is 9.86. The summed E-state index contributed by atoms with van der Waals surface area (Å²) in [4.78, 5) is 2.20. The Morgan fingerprint density at radius 3 is 2.42 bits per heavy atom. The number of likely N-dealkylation sites (N-methyl/N-ethyl adjacent to an activating group) is 1. The highest BCUT2D eigenvalue weighted by Gasteiger charge is 2.33. The van der Waals surface area contributed by atoms with E-state index in [4.69, 9.17) is 17.3 Å². The second-order valence-electron chi connectivity index (χ2n) is 5.58. The minimum Gasteiger partial charge on any atom is -0.326 e. The van der Waals surface area contributed by atoms with E-state index in [-0.39, 0.29) is 11.6 Å². The zero-order valence-corrected chi connectivity index (χ0v) is 13.8. The molecule has 1 aromatic heterocycles. The molecule has 0 spiro atoms. The molecule has 0 aliphatic heterocycles. The van der Waals surface area contributed by atoms with Crippen molar-refractivity contribution in [2.24, 2.45) is 5.73 Å². The first-order valence-electron chi connectivity index (χ1n) is 6.92. The topological polar surface area (TPSA) is 47.1 Å². The minimum atomic E-state index is -0.0416. The highest BCUT2D eigenvalue weighted by molar-refractivity contribution is 6.31. The standard InChI is InChI=1S/C14H27ClN4/c1-7-14(4,18(5)6)12(16)9-11-13(15)10(3)17-19(11)8-2/h12H,7-9,16H2,1-6H3. The Morgan fingerprint density at radius 1 is 1.42 bits per heavy atom. The van der Waals surface area contributed by atoms with Gasteiger partial charge in [-0.1, -0.05) is 18.5 Å². The molecule has 5 heteroatoms. The van der Waals surface area contributed by atoms with E-state index in [9.17, 15) is 0 Å². The normalized spacial score (nSPS) is 16.7. The van der Waals surface area contributed by atoms with Gasteiger partial charge in [0.2, 0.25) is 0 Å². The third kappa shape index (κ3) is 3.12. The molecule has 1 heterocycles. The Morgan fingerprint density at radius 2 is 2.00 bits per heavy atom. The molecule has 2 atom stereocenters. The first-order valence-corrected chi connectivity index (χ1v) is 7.30. The lowest BCUT2D eigenvalue weighted by Gasteiger charge is -2.41. The number of nitrogens with zero attached hydrogens (tertiary/aromatic N) is 3. The van der Waals surface area contributed by atoms with Gasteiger partial charge in [-0.05, 0) is 41.3 Å². The maximum Gasteiger partial charge on any atom is 0.0847 e. The molecule has 2 unspecified atom stereocenters. The predicted octanol–water partition coefficient (Wildman–Crippen LogP) is 2.46. The van der Waals surface area contributed by atoms with Crippen LogP contribution in [-0.2, 0) is 13.0 Å². The van der Waals surface area contributed by atoms with Crippen molar-refractivity contribution >= 4 is 11.6 Å². The van der Waals surface area contributed by atoms with Gasteiger partial charge in [0.25, 0.3) is 0 Å². The van der Waals surface area contributed by atoms with Crippen molar-refractivity contribution in [3.8, 4) is 0 Å². The van der Waals surface area contributed by atoms with E-state index in [1.54, 1.807) is 0 Å². The largest absolute Gasteiger partial charge is 0.326 e. The Balaban J connectivity index is 3.02.